The molecule has 3 aromatic carbocycles. The molecular formula is C25H24ClN3O2. The van der Waals surface area contributed by atoms with Gasteiger partial charge in [0.25, 0.3) is 5.91 Å². The minimum absolute atomic E-state index is 0.00838. The van der Waals surface area contributed by atoms with Crippen molar-refractivity contribution in [2.24, 2.45) is 0 Å². The third-order valence-corrected chi connectivity index (χ3v) is 5.89. The highest BCUT2D eigenvalue weighted by Crippen LogP contribution is 2.34. The molecule has 0 saturated heterocycles. The van der Waals surface area contributed by atoms with Gasteiger partial charge in [0.15, 0.2) is 0 Å². The van der Waals surface area contributed by atoms with Gasteiger partial charge < -0.3 is 15.5 Å². The molecule has 3 aromatic rings. The number of hydrogen-bond acceptors (Lipinski definition) is 2. The van der Waals surface area contributed by atoms with Crippen LogP contribution in [0.2, 0.25) is 5.02 Å². The standard InChI is InChI=1S/C25H24ClN3O2/c1-16-8-11-21(14-22(16)26)28-25(31)27-15-18-9-10-20-12-17(2)29(23(20)13-18)24(30)19-6-4-3-5-7-19/h3-11,13-14,17H,12,15H2,1-2H3,(H2,27,28,31)/t17-/m1/s1. The number of fused-ring (bicyclic) bond motifs is 1. The first-order valence-corrected chi connectivity index (χ1v) is 10.6. The molecular weight excluding hydrogens is 410 g/mol. The van der Waals surface area contributed by atoms with Gasteiger partial charge in [-0.15, -0.1) is 0 Å². The fourth-order valence-corrected chi connectivity index (χ4v) is 4.00. The van der Waals surface area contributed by atoms with E-state index in [0.29, 0.717) is 22.8 Å². The summed E-state index contributed by atoms with van der Waals surface area (Å²) in [5.41, 5.74) is 5.23. The normalized spacial score (nSPS) is 14.8. The van der Waals surface area contributed by atoms with Crippen LogP contribution in [0, 0.1) is 6.92 Å². The summed E-state index contributed by atoms with van der Waals surface area (Å²) < 4.78 is 0. The van der Waals surface area contributed by atoms with Crippen LogP contribution in [0.15, 0.2) is 66.7 Å². The lowest BCUT2D eigenvalue weighted by Gasteiger charge is -2.23. The molecule has 0 fully saturated rings. The second-order valence-corrected chi connectivity index (χ2v) is 8.24. The predicted molar refractivity (Wildman–Crippen MR) is 125 cm³/mol. The van der Waals surface area contributed by atoms with Crippen LogP contribution in [-0.4, -0.2) is 18.0 Å². The predicted octanol–water partition coefficient (Wildman–Crippen LogP) is 5.56. The van der Waals surface area contributed by atoms with Crippen LogP contribution < -0.4 is 15.5 Å². The molecule has 31 heavy (non-hydrogen) atoms. The Labute approximate surface area is 187 Å². The topological polar surface area (TPSA) is 61.4 Å². The summed E-state index contributed by atoms with van der Waals surface area (Å²) in [7, 11) is 0. The lowest BCUT2D eigenvalue weighted by atomic mass is 10.1. The van der Waals surface area contributed by atoms with Gasteiger partial charge >= 0.3 is 6.03 Å². The Hall–Kier alpha value is -3.31. The van der Waals surface area contributed by atoms with Crippen molar-refractivity contribution in [1.82, 2.24) is 5.32 Å². The Balaban J connectivity index is 1.45. The van der Waals surface area contributed by atoms with Crippen molar-refractivity contribution in [3.63, 3.8) is 0 Å². The highest BCUT2D eigenvalue weighted by molar-refractivity contribution is 6.31. The molecule has 1 atom stereocenters. The van der Waals surface area contributed by atoms with Crippen molar-refractivity contribution in [2.75, 3.05) is 10.2 Å². The smallest absolute Gasteiger partial charge is 0.319 e. The van der Waals surface area contributed by atoms with Crippen LogP contribution in [-0.2, 0) is 13.0 Å². The van der Waals surface area contributed by atoms with Crippen LogP contribution in [0.4, 0.5) is 16.2 Å². The molecule has 6 heteroatoms. The van der Waals surface area contributed by atoms with Crippen LogP contribution in [0.1, 0.15) is 34.0 Å². The molecule has 158 valence electrons. The Morgan fingerprint density at radius 3 is 2.58 bits per heavy atom. The molecule has 0 spiro atoms. The van der Waals surface area contributed by atoms with E-state index in [9.17, 15) is 9.59 Å². The lowest BCUT2D eigenvalue weighted by Crippen LogP contribution is -2.35. The molecule has 0 bridgehead atoms. The number of nitrogens with zero attached hydrogens (tertiary/aromatic N) is 1. The van der Waals surface area contributed by atoms with E-state index < -0.39 is 0 Å². The summed E-state index contributed by atoms with van der Waals surface area (Å²) in [5, 5.41) is 6.26. The van der Waals surface area contributed by atoms with Gasteiger partial charge in [-0.3, -0.25) is 4.79 Å². The molecule has 3 amide bonds. The number of urea groups is 1. The Bertz CT molecular complexity index is 1130. The van der Waals surface area contributed by atoms with Gasteiger partial charge in [0.2, 0.25) is 0 Å². The maximum absolute atomic E-state index is 13.1. The number of halogens is 1. The van der Waals surface area contributed by atoms with Gasteiger partial charge in [-0.1, -0.05) is 48.0 Å². The molecule has 1 aliphatic rings. The van der Waals surface area contributed by atoms with Gasteiger partial charge in [-0.25, -0.2) is 4.79 Å². The van der Waals surface area contributed by atoms with Crippen LogP contribution in [0.25, 0.3) is 0 Å². The third-order valence-electron chi connectivity index (χ3n) is 5.49. The van der Waals surface area contributed by atoms with E-state index in [4.69, 9.17) is 11.6 Å². The van der Waals surface area contributed by atoms with Gasteiger partial charge in [0.05, 0.1) is 0 Å². The number of nitrogens with one attached hydrogen (secondary N) is 2. The fraction of sp³-hybridized carbons (Fsp3) is 0.200. The van der Waals surface area contributed by atoms with Crippen molar-refractivity contribution < 1.29 is 9.59 Å². The van der Waals surface area contributed by atoms with E-state index in [1.54, 1.807) is 6.07 Å². The Kier molecular flexibility index (Phi) is 5.96. The molecule has 4 rings (SSSR count). The summed E-state index contributed by atoms with van der Waals surface area (Å²) in [6.45, 7) is 4.31. The quantitative estimate of drug-likeness (QED) is 0.565. The van der Waals surface area contributed by atoms with Crippen molar-refractivity contribution >= 4 is 34.9 Å². The Morgan fingerprint density at radius 1 is 1.06 bits per heavy atom. The van der Waals surface area contributed by atoms with Gasteiger partial charge in [-0.05, 0) is 67.3 Å². The number of carbonyl (C=O) groups is 2. The molecule has 1 heterocycles. The number of rotatable bonds is 4. The summed E-state index contributed by atoms with van der Waals surface area (Å²) in [6.07, 6.45) is 0.816. The maximum atomic E-state index is 13.1. The molecule has 0 aliphatic carbocycles. The summed E-state index contributed by atoms with van der Waals surface area (Å²) >= 11 is 6.12. The van der Waals surface area contributed by atoms with Gasteiger partial charge in [-0.2, -0.15) is 0 Å². The molecule has 0 radical (unpaired) electrons. The first-order chi connectivity index (χ1) is 14.9. The van der Waals surface area contributed by atoms with Crippen LogP contribution >= 0.6 is 11.6 Å². The number of aryl methyl sites for hydroxylation is 1. The SMILES string of the molecule is Cc1ccc(NC(=O)NCc2ccc3c(c2)N(C(=O)c2ccccc2)[C@H](C)C3)cc1Cl. The average Bonchev–Trinajstić information content (AvgIpc) is 3.10. The van der Waals surface area contributed by atoms with E-state index in [0.717, 1.165) is 28.8 Å². The first-order valence-electron chi connectivity index (χ1n) is 10.2. The zero-order valence-corrected chi connectivity index (χ0v) is 18.2. The number of anilines is 2. The minimum Gasteiger partial charge on any atom is -0.334 e. The van der Waals surface area contributed by atoms with E-state index in [-0.39, 0.29) is 18.0 Å². The van der Waals surface area contributed by atoms with Crippen LogP contribution in [0.3, 0.4) is 0 Å². The molecule has 1 aliphatic heterocycles. The van der Waals surface area contributed by atoms with Crippen molar-refractivity contribution in [3.8, 4) is 0 Å². The monoisotopic (exact) mass is 433 g/mol. The molecule has 5 nitrogen and oxygen atoms in total. The van der Waals surface area contributed by atoms with Crippen molar-refractivity contribution in [2.45, 2.75) is 32.9 Å². The summed E-state index contributed by atoms with van der Waals surface area (Å²) in [4.78, 5) is 27.2. The number of amides is 3. The molecule has 2 N–H and O–H groups in total. The van der Waals surface area contributed by atoms with Crippen molar-refractivity contribution in [1.29, 1.82) is 0 Å². The zero-order valence-electron chi connectivity index (χ0n) is 17.5. The number of carbonyl (C=O) groups excluding carboxylic acids is 2. The lowest BCUT2D eigenvalue weighted by molar-refractivity contribution is 0.0981. The maximum Gasteiger partial charge on any atom is 0.319 e. The molecule has 0 aromatic heterocycles. The third kappa shape index (κ3) is 4.57. The van der Waals surface area contributed by atoms with E-state index in [1.807, 2.05) is 72.5 Å². The first kappa shape index (κ1) is 20.9. The van der Waals surface area contributed by atoms with E-state index >= 15 is 0 Å². The average molecular weight is 434 g/mol. The van der Waals surface area contributed by atoms with E-state index in [1.165, 1.54) is 0 Å². The van der Waals surface area contributed by atoms with Crippen molar-refractivity contribution in [3.05, 3.63) is 94.0 Å². The highest BCUT2D eigenvalue weighted by Gasteiger charge is 2.31. The summed E-state index contributed by atoms with van der Waals surface area (Å²) in [5.74, 6) is -0.00838. The van der Waals surface area contributed by atoms with Crippen LogP contribution in [0.5, 0.6) is 0 Å². The van der Waals surface area contributed by atoms with E-state index in [2.05, 4.69) is 17.6 Å². The van der Waals surface area contributed by atoms with Gasteiger partial charge in [0.1, 0.15) is 0 Å². The number of hydrogen-bond donors (Lipinski definition) is 2. The minimum atomic E-state index is -0.314. The number of benzene rings is 3. The summed E-state index contributed by atoms with van der Waals surface area (Å²) in [6, 6.07) is 20.5. The Morgan fingerprint density at radius 2 is 1.84 bits per heavy atom. The largest absolute Gasteiger partial charge is 0.334 e. The molecule has 0 unspecified atom stereocenters. The highest BCUT2D eigenvalue weighted by atomic mass is 35.5. The van der Waals surface area contributed by atoms with Gasteiger partial charge in [0, 0.05) is 34.5 Å². The zero-order chi connectivity index (χ0) is 22.0. The molecule has 0 saturated carbocycles. The second kappa shape index (κ2) is 8.82. The second-order valence-electron chi connectivity index (χ2n) is 7.83. The fourth-order valence-electron chi connectivity index (χ4n) is 3.82.